The summed E-state index contributed by atoms with van der Waals surface area (Å²) in [6.45, 7) is 1.78. The Kier molecular flexibility index (Phi) is 3.28. The summed E-state index contributed by atoms with van der Waals surface area (Å²) in [5.74, 6) is 0.854. The molecule has 0 amide bonds. The number of hydrogen-bond acceptors (Lipinski definition) is 4. The number of amidine groups is 1. The van der Waals surface area contributed by atoms with E-state index in [1.165, 1.54) is 0 Å². The van der Waals surface area contributed by atoms with Crippen LogP contribution < -0.4 is 5.32 Å². The smallest absolute Gasteiger partial charge is 0.161 e. The zero-order chi connectivity index (χ0) is 10.7. The van der Waals surface area contributed by atoms with Gasteiger partial charge in [0.05, 0.1) is 12.1 Å². The first-order valence-corrected chi connectivity index (χ1v) is 5.95. The normalized spacial score (nSPS) is 22.3. The van der Waals surface area contributed by atoms with Gasteiger partial charge in [-0.25, -0.2) is 0 Å². The molecule has 0 saturated heterocycles. The Morgan fingerprint density at radius 2 is 2.20 bits per heavy atom. The molecule has 15 heavy (non-hydrogen) atoms. The molecule has 1 aromatic carbocycles. The van der Waals surface area contributed by atoms with Gasteiger partial charge in [0, 0.05) is 11.4 Å². The maximum atomic E-state index is 9.39. The maximum Gasteiger partial charge on any atom is 0.161 e. The van der Waals surface area contributed by atoms with Crippen molar-refractivity contribution >= 4 is 22.6 Å². The molecule has 0 saturated carbocycles. The minimum atomic E-state index is -0.368. The van der Waals surface area contributed by atoms with Gasteiger partial charge in [0.2, 0.25) is 0 Å². The second kappa shape index (κ2) is 4.68. The Balaban J connectivity index is 2.00. The number of anilines is 1. The van der Waals surface area contributed by atoms with E-state index in [1.807, 2.05) is 30.3 Å². The molecular weight excluding hydrogens is 208 g/mol. The molecule has 4 heteroatoms. The van der Waals surface area contributed by atoms with Crippen molar-refractivity contribution in [3.63, 3.8) is 0 Å². The van der Waals surface area contributed by atoms with Crippen molar-refractivity contribution in [2.75, 3.05) is 11.1 Å². The number of rotatable bonds is 2. The second-order valence-electron chi connectivity index (χ2n) is 3.54. The Labute approximate surface area is 93.6 Å². The minimum Gasteiger partial charge on any atom is -0.391 e. The summed E-state index contributed by atoms with van der Waals surface area (Å²) in [5, 5.41) is 13.5. The van der Waals surface area contributed by atoms with Gasteiger partial charge in [-0.3, -0.25) is 4.99 Å². The van der Waals surface area contributed by atoms with Gasteiger partial charge in [-0.2, -0.15) is 0 Å². The van der Waals surface area contributed by atoms with E-state index in [-0.39, 0.29) is 12.1 Å². The summed E-state index contributed by atoms with van der Waals surface area (Å²) in [7, 11) is 0. The second-order valence-corrected chi connectivity index (χ2v) is 4.55. The van der Waals surface area contributed by atoms with Crippen LogP contribution in [0.1, 0.15) is 6.92 Å². The van der Waals surface area contributed by atoms with E-state index < -0.39 is 0 Å². The molecule has 0 unspecified atom stereocenters. The van der Waals surface area contributed by atoms with Crippen LogP contribution in [0, 0.1) is 0 Å². The van der Waals surface area contributed by atoms with E-state index in [2.05, 4.69) is 10.3 Å². The lowest BCUT2D eigenvalue weighted by Gasteiger charge is -2.07. The highest BCUT2D eigenvalue weighted by atomic mass is 32.2. The summed E-state index contributed by atoms with van der Waals surface area (Å²) in [6, 6.07) is 9.97. The molecule has 0 spiro atoms. The predicted octanol–water partition coefficient (Wildman–Crippen LogP) is 1.95. The number of para-hydroxylation sites is 1. The molecule has 1 heterocycles. The van der Waals surface area contributed by atoms with Crippen molar-refractivity contribution < 1.29 is 5.11 Å². The van der Waals surface area contributed by atoms with Gasteiger partial charge in [0.1, 0.15) is 0 Å². The summed E-state index contributed by atoms with van der Waals surface area (Å²) >= 11 is 1.65. The standard InChI is InChI=1S/C11H14N2OS/c1-8(14)10-7-15-11(13-10)12-9-5-3-2-4-6-9/h2-6,8,10,14H,7H2,1H3,(H,12,13)/t8-,10-/m1/s1. The fourth-order valence-corrected chi connectivity index (χ4v) is 2.43. The molecule has 0 aliphatic carbocycles. The number of thioether (sulfide) groups is 1. The first-order chi connectivity index (χ1) is 7.25. The molecule has 0 radical (unpaired) electrons. The number of benzene rings is 1. The quantitative estimate of drug-likeness (QED) is 0.804. The average molecular weight is 222 g/mol. The van der Waals surface area contributed by atoms with Crippen molar-refractivity contribution in [3.05, 3.63) is 30.3 Å². The number of hydrogen-bond donors (Lipinski definition) is 2. The van der Waals surface area contributed by atoms with Gasteiger partial charge in [0.25, 0.3) is 0 Å². The molecule has 2 atom stereocenters. The van der Waals surface area contributed by atoms with E-state index in [4.69, 9.17) is 0 Å². The number of nitrogens with one attached hydrogen (secondary N) is 1. The van der Waals surface area contributed by atoms with Gasteiger partial charge in [-0.1, -0.05) is 30.0 Å². The van der Waals surface area contributed by atoms with Crippen molar-refractivity contribution in [2.24, 2.45) is 4.99 Å². The van der Waals surface area contributed by atoms with Gasteiger partial charge in [0.15, 0.2) is 5.17 Å². The summed E-state index contributed by atoms with van der Waals surface area (Å²) in [5.41, 5.74) is 1.04. The number of aliphatic hydroxyl groups is 1. The minimum absolute atomic E-state index is 0.0289. The molecule has 2 N–H and O–H groups in total. The molecular formula is C11H14N2OS. The highest BCUT2D eigenvalue weighted by Crippen LogP contribution is 2.21. The average Bonchev–Trinajstić information content (AvgIpc) is 2.68. The molecule has 0 fully saturated rings. The van der Waals surface area contributed by atoms with Crippen molar-refractivity contribution in [2.45, 2.75) is 19.1 Å². The van der Waals surface area contributed by atoms with Gasteiger partial charge in [-0.05, 0) is 19.1 Å². The van der Waals surface area contributed by atoms with E-state index in [9.17, 15) is 5.11 Å². The van der Waals surface area contributed by atoms with Crippen LogP contribution >= 0.6 is 11.8 Å². The lowest BCUT2D eigenvalue weighted by atomic mass is 10.2. The van der Waals surface area contributed by atoms with Crippen molar-refractivity contribution in [1.82, 2.24) is 0 Å². The number of aliphatic imine (C=N–C) groups is 1. The zero-order valence-corrected chi connectivity index (χ0v) is 9.37. The van der Waals surface area contributed by atoms with Crippen LogP contribution in [0.3, 0.4) is 0 Å². The third-order valence-electron chi connectivity index (χ3n) is 2.26. The van der Waals surface area contributed by atoms with E-state index >= 15 is 0 Å². The van der Waals surface area contributed by atoms with E-state index in [1.54, 1.807) is 18.7 Å². The SMILES string of the molecule is C[C@@H](O)[C@H]1CSC(Nc2ccccc2)=N1. The summed E-state index contributed by atoms with van der Waals surface area (Å²) < 4.78 is 0. The Bertz CT molecular complexity index is 351. The van der Waals surface area contributed by atoms with Crippen LogP contribution in [0.2, 0.25) is 0 Å². The van der Waals surface area contributed by atoms with Gasteiger partial charge >= 0.3 is 0 Å². The summed E-state index contributed by atoms with van der Waals surface area (Å²) in [4.78, 5) is 4.40. The van der Waals surface area contributed by atoms with Crippen molar-refractivity contribution in [3.8, 4) is 0 Å². The zero-order valence-electron chi connectivity index (χ0n) is 8.55. The fourth-order valence-electron chi connectivity index (χ4n) is 1.35. The van der Waals surface area contributed by atoms with Crippen LogP contribution in [0.4, 0.5) is 5.69 Å². The van der Waals surface area contributed by atoms with Gasteiger partial charge in [-0.15, -0.1) is 0 Å². The largest absolute Gasteiger partial charge is 0.391 e. The maximum absolute atomic E-state index is 9.39. The lowest BCUT2D eigenvalue weighted by Crippen LogP contribution is -2.20. The molecule has 1 aliphatic rings. The molecule has 80 valence electrons. The first kappa shape index (κ1) is 10.5. The monoisotopic (exact) mass is 222 g/mol. The van der Waals surface area contributed by atoms with Gasteiger partial charge < -0.3 is 10.4 Å². The first-order valence-electron chi connectivity index (χ1n) is 4.96. The van der Waals surface area contributed by atoms with Crippen LogP contribution in [0.25, 0.3) is 0 Å². The molecule has 0 aromatic heterocycles. The van der Waals surface area contributed by atoms with Crippen LogP contribution in [-0.4, -0.2) is 28.2 Å². The highest BCUT2D eigenvalue weighted by Gasteiger charge is 2.22. The number of nitrogens with zero attached hydrogens (tertiary/aromatic N) is 1. The number of aliphatic hydroxyl groups excluding tert-OH is 1. The Hall–Kier alpha value is -1.00. The molecule has 1 aliphatic heterocycles. The molecule has 2 rings (SSSR count). The summed E-state index contributed by atoms with van der Waals surface area (Å²) in [6.07, 6.45) is -0.368. The molecule has 0 bridgehead atoms. The van der Waals surface area contributed by atoms with Crippen molar-refractivity contribution in [1.29, 1.82) is 0 Å². The highest BCUT2D eigenvalue weighted by molar-refractivity contribution is 8.14. The third-order valence-corrected chi connectivity index (χ3v) is 3.24. The topological polar surface area (TPSA) is 44.6 Å². The Morgan fingerprint density at radius 1 is 1.47 bits per heavy atom. The third kappa shape index (κ3) is 2.73. The van der Waals surface area contributed by atoms with Crippen LogP contribution in [0.15, 0.2) is 35.3 Å². The van der Waals surface area contributed by atoms with Crippen LogP contribution in [0.5, 0.6) is 0 Å². The molecule has 1 aromatic rings. The van der Waals surface area contributed by atoms with E-state index in [0.29, 0.717) is 0 Å². The van der Waals surface area contributed by atoms with Crippen LogP contribution in [-0.2, 0) is 0 Å². The lowest BCUT2D eigenvalue weighted by molar-refractivity contribution is 0.174. The molecule has 3 nitrogen and oxygen atoms in total. The predicted molar refractivity (Wildman–Crippen MR) is 65.4 cm³/mol. The fraction of sp³-hybridized carbons (Fsp3) is 0.364. The van der Waals surface area contributed by atoms with E-state index in [0.717, 1.165) is 16.6 Å². The Morgan fingerprint density at radius 3 is 2.80 bits per heavy atom.